The molecule has 0 radical (unpaired) electrons. The molecule has 18 heavy (non-hydrogen) atoms. The van der Waals surface area contributed by atoms with Gasteiger partial charge in [-0.1, -0.05) is 0 Å². The van der Waals surface area contributed by atoms with Gasteiger partial charge >= 0.3 is 0 Å². The van der Waals surface area contributed by atoms with E-state index in [4.69, 9.17) is 15.2 Å². The first-order chi connectivity index (χ1) is 8.66. The van der Waals surface area contributed by atoms with Crippen LogP contribution in [0.15, 0.2) is 0 Å². The summed E-state index contributed by atoms with van der Waals surface area (Å²) in [5.74, 6) is 0.000926. The van der Waals surface area contributed by atoms with E-state index in [2.05, 4.69) is 0 Å². The number of carbonyl (C=O) groups is 1. The number of nitrogens with two attached hydrogens (primary N) is 1. The predicted octanol–water partition coefficient (Wildman–Crippen LogP) is 0.520. The lowest BCUT2D eigenvalue weighted by molar-refractivity contribution is -0.135. The molecule has 0 aromatic carbocycles. The average molecular weight is 256 g/mol. The summed E-state index contributed by atoms with van der Waals surface area (Å²) in [5, 5.41) is 0. The van der Waals surface area contributed by atoms with Crippen molar-refractivity contribution in [2.45, 2.75) is 50.9 Å². The van der Waals surface area contributed by atoms with E-state index in [9.17, 15) is 4.79 Å². The van der Waals surface area contributed by atoms with Gasteiger partial charge in [-0.3, -0.25) is 4.79 Å². The third kappa shape index (κ3) is 3.67. The van der Waals surface area contributed by atoms with E-state index < -0.39 is 6.04 Å². The molecule has 104 valence electrons. The molecule has 2 heterocycles. The summed E-state index contributed by atoms with van der Waals surface area (Å²) in [5.41, 5.74) is 5.71. The van der Waals surface area contributed by atoms with Crippen LogP contribution in [0.4, 0.5) is 0 Å². The molecule has 2 aliphatic heterocycles. The molecule has 3 atom stereocenters. The van der Waals surface area contributed by atoms with Gasteiger partial charge in [0.15, 0.2) is 0 Å². The van der Waals surface area contributed by atoms with Crippen molar-refractivity contribution in [3.8, 4) is 0 Å². The Balaban J connectivity index is 1.90. The van der Waals surface area contributed by atoms with Gasteiger partial charge in [-0.25, -0.2) is 0 Å². The first kappa shape index (κ1) is 13.8. The van der Waals surface area contributed by atoms with E-state index in [-0.39, 0.29) is 18.1 Å². The number of nitrogens with zero attached hydrogens (tertiary/aromatic N) is 1. The van der Waals surface area contributed by atoms with Crippen molar-refractivity contribution in [1.82, 2.24) is 4.90 Å². The van der Waals surface area contributed by atoms with Gasteiger partial charge in [0.25, 0.3) is 0 Å². The van der Waals surface area contributed by atoms with E-state index >= 15 is 0 Å². The normalized spacial score (nSPS) is 29.4. The van der Waals surface area contributed by atoms with Crippen LogP contribution in [0.2, 0.25) is 0 Å². The Morgan fingerprint density at radius 2 is 1.72 bits per heavy atom. The van der Waals surface area contributed by atoms with Gasteiger partial charge in [0.2, 0.25) is 5.91 Å². The van der Waals surface area contributed by atoms with Crippen LogP contribution in [0.5, 0.6) is 0 Å². The van der Waals surface area contributed by atoms with Crippen molar-refractivity contribution in [1.29, 1.82) is 0 Å². The number of hydrogen-bond acceptors (Lipinski definition) is 4. The van der Waals surface area contributed by atoms with E-state index in [0.717, 1.165) is 38.9 Å². The fraction of sp³-hybridized carbons (Fsp3) is 0.923. The Bertz CT molecular complexity index is 253. The molecule has 0 spiro atoms. The number of ether oxygens (including phenoxy) is 2. The molecule has 5 nitrogen and oxygen atoms in total. The van der Waals surface area contributed by atoms with E-state index in [0.29, 0.717) is 13.1 Å². The lowest BCUT2D eigenvalue weighted by Crippen LogP contribution is -2.48. The van der Waals surface area contributed by atoms with Crippen molar-refractivity contribution in [3.05, 3.63) is 0 Å². The first-order valence-corrected chi connectivity index (χ1v) is 6.94. The fourth-order valence-electron chi connectivity index (χ4n) is 2.61. The monoisotopic (exact) mass is 256 g/mol. The zero-order valence-electron chi connectivity index (χ0n) is 11.1. The quantitative estimate of drug-likeness (QED) is 0.779. The maximum Gasteiger partial charge on any atom is 0.239 e. The van der Waals surface area contributed by atoms with Gasteiger partial charge in [0.1, 0.15) is 0 Å². The molecule has 1 amide bonds. The molecule has 0 saturated carbocycles. The molecule has 0 aromatic heterocycles. The van der Waals surface area contributed by atoms with Crippen LogP contribution in [-0.2, 0) is 14.3 Å². The molecule has 2 N–H and O–H groups in total. The highest BCUT2D eigenvalue weighted by Crippen LogP contribution is 2.17. The highest BCUT2D eigenvalue weighted by molar-refractivity contribution is 5.81. The lowest BCUT2D eigenvalue weighted by atomic mass is 10.1. The third-order valence-electron chi connectivity index (χ3n) is 3.60. The van der Waals surface area contributed by atoms with Crippen LogP contribution in [0.1, 0.15) is 32.6 Å². The minimum atomic E-state index is -0.451. The second-order valence-electron chi connectivity index (χ2n) is 5.30. The van der Waals surface area contributed by atoms with Gasteiger partial charge in [-0.05, 0) is 32.6 Å². The third-order valence-corrected chi connectivity index (χ3v) is 3.60. The number of carbonyl (C=O) groups excluding carboxylic acids is 1. The van der Waals surface area contributed by atoms with Gasteiger partial charge < -0.3 is 20.1 Å². The molecule has 2 fully saturated rings. The minimum absolute atomic E-state index is 0.000926. The van der Waals surface area contributed by atoms with Crippen LogP contribution in [0.25, 0.3) is 0 Å². The second kappa shape index (κ2) is 6.50. The molecular weight excluding hydrogens is 232 g/mol. The standard InChI is InChI=1S/C13H24N2O3/c1-10(14)13(16)15(8-11-4-2-6-17-11)9-12-5-3-7-18-12/h10-12H,2-9,14H2,1H3/t10-,11?,12?/m1/s1. The summed E-state index contributed by atoms with van der Waals surface area (Å²) in [7, 11) is 0. The van der Waals surface area contributed by atoms with Crippen LogP contribution < -0.4 is 5.73 Å². The Kier molecular flexibility index (Phi) is 4.97. The van der Waals surface area contributed by atoms with Crippen LogP contribution in [0.3, 0.4) is 0 Å². The minimum Gasteiger partial charge on any atom is -0.376 e. The Labute approximate surface area is 109 Å². The van der Waals surface area contributed by atoms with E-state index in [1.807, 2.05) is 4.90 Å². The van der Waals surface area contributed by atoms with Crippen LogP contribution in [0, 0.1) is 0 Å². The van der Waals surface area contributed by atoms with Crippen molar-refractivity contribution >= 4 is 5.91 Å². The molecule has 0 bridgehead atoms. The van der Waals surface area contributed by atoms with Gasteiger partial charge in [-0.15, -0.1) is 0 Å². The van der Waals surface area contributed by atoms with Crippen molar-refractivity contribution in [2.75, 3.05) is 26.3 Å². The molecule has 2 unspecified atom stereocenters. The summed E-state index contributed by atoms with van der Waals surface area (Å²) in [6, 6.07) is -0.451. The molecule has 2 aliphatic rings. The Morgan fingerprint density at radius 3 is 2.06 bits per heavy atom. The SMILES string of the molecule is C[C@@H](N)C(=O)N(CC1CCCO1)CC1CCCO1. The largest absolute Gasteiger partial charge is 0.376 e. The maximum absolute atomic E-state index is 12.1. The number of hydrogen-bond donors (Lipinski definition) is 1. The maximum atomic E-state index is 12.1. The summed E-state index contributed by atoms with van der Waals surface area (Å²) >= 11 is 0. The fourth-order valence-corrected chi connectivity index (χ4v) is 2.61. The Morgan fingerprint density at radius 1 is 1.22 bits per heavy atom. The lowest BCUT2D eigenvalue weighted by Gasteiger charge is -2.29. The molecule has 0 aromatic rings. The molecule has 2 rings (SSSR count). The van der Waals surface area contributed by atoms with Crippen LogP contribution in [-0.4, -0.2) is 55.4 Å². The van der Waals surface area contributed by atoms with Gasteiger partial charge in [0, 0.05) is 26.3 Å². The Hall–Kier alpha value is -0.650. The highest BCUT2D eigenvalue weighted by Gasteiger charge is 2.27. The number of amides is 1. The highest BCUT2D eigenvalue weighted by atomic mass is 16.5. The van der Waals surface area contributed by atoms with Crippen LogP contribution >= 0.6 is 0 Å². The predicted molar refractivity (Wildman–Crippen MR) is 68.2 cm³/mol. The summed E-state index contributed by atoms with van der Waals surface area (Å²) in [6.45, 7) is 4.66. The first-order valence-electron chi connectivity index (χ1n) is 6.94. The summed E-state index contributed by atoms with van der Waals surface area (Å²) in [4.78, 5) is 13.9. The van der Waals surface area contributed by atoms with Gasteiger partial charge in [-0.2, -0.15) is 0 Å². The van der Waals surface area contributed by atoms with Crippen molar-refractivity contribution in [2.24, 2.45) is 5.73 Å². The summed E-state index contributed by atoms with van der Waals surface area (Å²) in [6.07, 6.45) is 4.60. The van der Waals surface area contributed by atoms with Crippen molar-refractivity contribution in [3.63, 3.8) is 0 Å². The summed E-state index contributed by atoms with van der Waals surface area (Å²) < 4.78 is 11.2. The topological polar surface area (TPSA) is 64.8 Å². The van der Waals surface area contributed by atoms with Gasteiger partial charge in [0.05, 0.1) is 18.2 Å². The molecule has 0 aliphatic carbocycles. The van der Waals surface area contributed by atoms with E-state index in [1.165, 1.54) is 0 Å². The zero-order chi connectivity index (χ0) is 13.0. The molecule has 2 saturated heterocycles. The van der Waals surface area contributed by atoms with Crippen molar-refractivity contribution < 1.29 is 14.3 Å². The molecular formula is C13H24N2O3. The second-order valence-corrected chi connectivity index (χ2v) is 5.30. The molecule has 5 heteroatoms. The zero-order valence-corrected chi connectivity index (χ0v) is 11.1. The van der Waals surface area contributed by atoms with E-state index in [1.54, 1.807) is 6.92 Å². The smallest absolute Gasteiger partial charge is 0.239 e. The number of rotatable bonds is 5. The average Bonchev–Trinajstić information content (AvgIpc) is 2.99.